The first-order chi connectivity index (χ1) is 20.9. The number of sulfonamides is 1. The smallest absolute Gasteiger partial charge is 0.323 e. The van der Waals surface area contributed by atoms with Gasteiger partial charge in [-0.3, -0.25) is 19.8 Å². The number of halogens is 1. The summed E-state index contributed by atoms with van der Waals surface area (Å²) in [6.07, 6.45) is 1.03. The maximum absolute atomic E-state index is 13.8. The summed E-state index contributed by atoms with van der Waals surface area (Å²) in [4.78, 5) is 41.3. The molecule has 4 rings (SSSR count). The predicted octanol–water partition coefficient (Wildman–Crippen LogP) is 2.37. The summed E-state index contributed by atoms with van der Waals surface area (Å²) in [7, 11) is -4.32. The minimum Gasteiger partial charge on any atom is -0.480 e. The fourth-order valence-electron chi connectivity index (χ4n) is 5.14. The summed E-state index contributed by atoms with van der Waals surface area (Å²) in [5.74, 6) is -2.81. The lowest BCUT2D eigenvalue weighted by Gasteiger charge is -2.33. The summed E-state index contributed by atoms with van der Waals surface area (Å²) in [6.45, 7) is 0.506. The lowest BCUT2D eigenvalue weighted by Crippen LogP contribution is -2.52. The number of amides is 2. The van der Waals surface area contributed by atoms with Gasteiger partial charge in [-0.05, 0) is 59.4 Å². The molecule has 1 unspecified atom stereocenters. The molecule has 3 aromatic rings. The molecule has 1 heterocycles. The maximum Gasteiger partial charge on any atom is 0.323 e. The Hall–Kier alpha value is -4.20. The molecule has 0 aliphatic carbocycles. The molecule has 1 saturated heterocycles. The molecule has 234 valence electrons. The lowest BCUT2D eigenvalue weighted by molar-refractivity contribution is -0.146. The molecule has 0 spiro atoms. The Bertz CT molecular complexity index is 1630. The normalized spacial score (nSPS) is 15.8. The molecule has 12 nitrogen and oxygen atoms in total. The van der Waals surface area contributed by atoms with Crippen molar-refractivity contribution in [2.75, 3.05) is 26.2 Å². The number of carboxylic acids is 1. The van der Waals surface area contributed by atoms with Crippen LogP contribution in [-0.2, 0) is 31.0 Å². The Morgan fingerprint density at radius 1 is 1.09 bits per heavy atom. The van der Waals surface area contributed by atoms with Gasteiger partial charge in [0.25, 0.3) is 0 Å². The van der Waals surface area contributed by atoms with Gasteiger partial charge in [0, 0.05) is 31.2 Å². The van der Waals surface area contributed by atoms with Crippen LogP contribution in [0.3, 0.4) is 0 Å². The monoisotopic (exact) mass is 642 g/mol. The van der Waals surface area contributed by atoms with Gasteiger partial charge in [0.15, 0.2) is 5.96 Å². The molecule has 3 aromatic carbocycles. The first kappa shape index (κ1) is 32.7. The number of guanidine groups is 1. The number of nitrogens with two attached hydrogens (primary N) is 1. The van der Waals surface area contributed by atoms with Gasteiger partial charge in [-0.1, -0.05) is 54.1 Å². The Balaban J connectivity index is 1.57. The fourth-order valence-corrected chi connectivity index (χ4v) is 6.49. The second-order valence-electron chi connectivity index (χ2n) is 10.7. The Morgan fingerprint density at radius 3 is 2.48 bits per heavy atom. The van der Waals surface area contributed by atoms with Gasteiger partial charge in [-0.2, -0.15) is 4.72 Å². The molecule has 1 aliphatic heterocycles. The van der Waals surface area contributed by atoms with E-state index in [-0.39, 0.29) is 29.9 Å². The van der Waals surface area contributed by atoms with Crippen molar-refractivity contribution < 1.29 is 27.9 Å². The highest BCUT2D eigenvalue weighted by atomic mass is 35.5. The van der Waals surface area contributed by atoms with Crippen molar-refractivity contribution in [1.82, 2.24) is 19.8 Å². The molecule has 0 bridgehead atoms. The van der Waals surface area contributed by atoms with E-state index in [1.54, 1.807) is 47.4 Å². The highest BCUT2D eigenvalue weighted by Crippen LogP contribution is 2.21. The highest BCUT2D eigenvalue weighted by molar-refractivity contribution is 7.89. The lowest BCUT2D eigenvalue weighted by atomic mass is 9.98. The maximum atomic E-state index is 13.8. The quantitative estimate of drug-likeness (QED) is 0.147. The third-order valence-corrected chi connectivity index (χ3v) is 9.11. The third kappa shape index (κ3) is 8.91. The van der Waals surface area contributed by atoms with Crippen LogP contribution in [-0.4, -0.2) is 79.3 Å². The number of likely N-dealkylation sites (tertiary alicyclic amines) is 1. The van der Waals surface area contributed by atoms with Crippen molar-refractivity contribution >= 4 is 56.1 Å². The van der Waals surface area contributed by atoms with Crippen molar-refractivity contribution in [3.63, 3.8) is 0 Å². The van der Waals surface area contributed by atoms with Crippen molar-refractivity contribution in [3.05, 3.63) is 77.3 Å². The Labute approximate surface area is 260 Å². The van der Waals surface area contributed by atoms with Gasteiger partial charge >= 0.3 is 5.97 Å². The van der Waals surface area contributed by atoms with Gasteiger partial charge in [0.1, 0.15) is 12.6 Å². The van der Waals surface area contributed by atoms with E-state index in [1.807, 2.05) is 12.1 Å². The molecule has 44 heavy (non-hydrogen) atoms. The number of aliphatic carboxylic acids is 1. The number of carboxylic acid groups (broad SMARTS) is 1. The van der Waals surface area contributed by atoms with Crippen LogP contribution in [0.15, 0.2) is 71.6 Å². The topological polar surface area (TPSA) is 186 Å². The largest absolute Gasteiger partial charge is 0.480 e. The van der Waals surface area contributed by atoms with Gasteiger partial charge in [-0.25, -0.2) is 8.42 Å². The first-order valence-electron chi connectivity index (χ1n) is 14.0. The number of carbonyl (C=O) groups is 3. The minimum atomic E-state index is -4.32. The van der Waals surface area contributed by atoms with E-state index < -0.39 is 46.8 Å². The molecule has 0 saturated carbocycles. The number of rotatable bonds is 12. The van der Waals surface area contributed by atoms with Crippen molar-refractivity contribution in [2.24, 2.45) is 11.7 Å². The van der Waals surface area contributed by atoms with E-state index >= 15 is 0 Å². The number of piperidine rings is 1. The van der Waals surface area contributed by atoms with Gasteiger partial charge in [0.2, 0.25) is 21.8 Å². The number of benzene rings is 3. The number of hydrogen-bond donors (Lipinski definition) is 5. The average Bonchev–Trinajstić information content (AvgIpc) is 2.99. The molecule has 6 N–H and O–H groups in total. The molecular weight excluding hydrogens is 608 g/mol. The van der Waals surface area contributed by atoms with Crippen LogP contribution >= 0.6 is 11.6 Å². The number of carbonyl (C=O) groups excluding carboxylic acids is 2. The number of fused-ring (bicyclic) bond motifs is 1. The van der Waals surface area contributed by atoms with Crippen LogP contribution in [0.2, 0.25) is 5.02 Å². The van der Waals surface area contributed by atoms with Crippen molar-refractivity contribution in [3.8, 4) is 0 Å². The molecule has 0 aromatic heterocycles. The second-order valence-corrected chi connectivity index (χ2v) is 12.9. The number of nitrogens with zero attached hydrogens (tertiary/aromatic N) is 2. The highest BCUT2D eigenvalue weighted by Gasteiger charge is 2.33. The zero-order valence-corrected chi connectivity index (χ0v) is 25.5. The van der Waals surface area contributed by atoms with Crippen LogP contribution in [0.1, 0.15) is 24.8 Å². The predicted molar refractivity (Wildman–Crippen MR) is 166 cm³/mol. The van der Waals surface area contributed by atoms with Gasteiger partial charge in [-0.15, -0.1) is 0 Å². The second kappa shape index (κ2) is 14.5. The van der Waals surface area contributed by atoms with E-state index in [4.69, 9.17) is 22.7 Å². The molecule has 1 fully saturated rings. The summed E-state index contributed by atoms with van der Waals surface area (Å²) in [6, 6.07) is 16.5. The summed E-state index contributed by atoms with van der Waals surface area (Å²) >= 11 is 5.96. The molecule has 2 amide bonds. The fraction of sp³-hybridized carbons (Fsp3) is 0.333. The van der Waals surface area contributed by atoms with Crippen LogP contribution in [0, 0.1) is 11.3 Å². The van der Waals surface area contributed by atoms with E-state index in [2.05, 4.69) is 10.0 Å². The van der Waals surface area contributed by atoms with Gasteiger partial charge in [0.05, 0.1) is 11.3 Å². The molecule has 1 aliphatic rings. The SMILES string of the molecule is N=C(N)N1CCCC(CNC(=O)C[C@H](NS(=O)(=O)c2ccc3ccccc3c2)C(=O)N(CC(=O)O)Cc2ccc(Cl)cc2)C1. The van der Waals surface area contributed by atoms with Crippen LogP contribution in [0.4, 0.5) is 0 Å². The summed E-state index contributed by atoms with van der Waals surface area (Å²) in [5.41, 5.74) is 6.18. The van der Waals surface area contributed by atoms with Crippen molar-refractivity contribution in [1.29, 1.82) is 5.41 Å². The standard InChI is InChI=1S/C30H35ClN6O6S/c31-24-10-7-20(8-11-24)17-37(19-28(39)40)29(41)26(15-27(38)34-16-21-4-3-13-36(18-21)30(32)33)35-44(42,43)25-12-9-22-5-1-2-6-23(22)14-25/h1-2,5-12,14,21,26,35H,3-4,13,15-19H2,(H3,32,33)(H,34,38)(H,39,40)/t21?,26-/m0/s1. The summed E-state index contributed by atoms with van der Waals surface area (Å²) in [5, 5.41) is 21.9. The van der Waals surface area contributed by atoms with Crippen molar-refractivity contribution in [2.45, 2.75) is 36.7 Å². The average molecular weight is 643 g/mol. The molecule has 2 atom stereocenters. The number of hydrogen-bond acceptors (Lipinski definition) is 6. The van der Waals surface area contributed by atoms with E-state index in [0.29, 0.717) is 29.1 Å². The van der Waals surface area contributed by atoms with Crippen LogP contribution < -0.4 is 15.8 Å². The van der Waals surface area contributed by atoms with Gasteiger partial charge < -0.3 is 26.0 Å². The van der Waals surface area contributed by atoms with E-state index in [9.17, 15) is 27.9 Å². The van der Waals surface area contributed by atoms with E-state index in [0.717, 1.165) is 23.1 Å². The Morgan fingerprint density at radius 2 is 1.80 bits per heavy atom. The third-order valence-electron chi connectivity index (χ3n) is 7.39. The van der Waals surface area contributed by atoms with E-state index in [1.165, 1.54) is 12.1 Å². The molecule has 14 heteroatoms. The Kier molecular flexibility index (Phi) is 10.8. The van der Waals surface area contributed by atoms with Crippen LogP contribution in [0.25, 0.3) is 10.8 Å². The molecule has 0 radical (unpaired) electrons. The zero-order valence-electron chi connectivity index (χ0n) is 23.9. The number of nitrogens with one attached hydrogen (secondary N) is 3. The zero-order chi connectivity index (χ0) is 31.9. The first-order valence-corrected chi connectivity index (χ1v) is 15.9. The van der Waals surface area contributed by atoms with Crippen LogP contribution in [0.5, 0.6) is 0 Å². The minimum absolute atomic E-state index is 0.00783. The summed E-state index contributed by atoms with van der Waals surface area (Å²) < 4.78 is 29.4. The molecular formula is C30H35ClN6O6S.